The molecule has 44 heavy (non-hydrogen) atoms. The number of phenols is 1. The van der Waals surface area contributed by atoms with Crippen LogP contribution in [0.15, 0.2) is 95.7 Å². The van der Waals surface area contributed by atoms with E-state index >= 15 is 4.39 Å². The number of amides is 1. The van der Waals surface area contributed by atoms with Crippen molar-refractivity contribution in [1.82, 2.24) is 4.98 Å². The Morgan fingerprint density at radius 3 is 2.59 bits per heavy atom. The molecule has 6 rings (SSSR count). The van der Waals surface area contributed by atoms with Gasteiger partial charge in [-0.15, -0.1) is 0 Å². The van der Waals surface area contributed by atoms with Gasteiger partial charge in [-0.1, -0.05) is 61.8 Å². The minimum atomic E-state index is -4.07. The molecule has 3 aromatic carbocycles. The van der Waals surface area contributed by atoms with E-state index in [0.717, 1.165) is 5.56 Å². The van der Waals surface area contributed by atoms with Crippen molar-refractivity contribution in [2.75, 3.05) is 16.0 Å². The minimum Gasteiger partial charge on any atom is -0.506 e. The number of ether oxygens (including phenoxy) is 1. The Kier molecular flexibility index (Phi) is 7.59. The quantitative estimate of drug-likeness (QED) is 0.227. The zero-order valence-corrected chi connectivity index (χ0v) is 25.5. The standard InChI is InChI=1S/C33H29ClFN3O5S/c1-33(2)16-26-31(44(41,42)19-33)30(23-13-12-22(15-24(23)35)43-18-20-7-4-3-5-8-20)38(27-9-6-10-28(39)29(27)37-26)32(40)25-14-11-21(34)17-36-25/h3-15,17,30,37,39H,16,18-19H2,1-2H3. The number of nitrogens with one attached hydrogen (secondary N) is 1. The van der Waals surface area contributed by atoms with Gasteiger partial charge in [0.15, 0.2) is 9.84 Å². The predicted molar refractivity (Wildman–Crippen MR) is 167 cm³/mol. The summed E-state index contributed by atoms with van der Waals surface area (Å²) in [4.78, 5) is 19.5. The fourth-order valence-corrected chi connectivity index (χ4v) is 8.26. The van der Waals surface area contributed by atoms with Gasteiger partial charge in [-0.05, 0) is 53.8 Å². The van der Waals surface area contributed by atoms with Crippen LogP contribution < -0.4 is 15.0 Å². The summed E-state index contributed by atoms with van der Waals surface area (Å²) in [7, 11) is -4.07. The SMILES string of the molecule is CC1(C)CC2=C(C(c3ccc(OCc4ccccc4)cc3F)N(C(=O)c3ccc(Cl)cn3)c3cccc(O)c3N2)S(=O)(=O)C1. The van der Waals surface area contributed by atoms with Gasteiger partial charge in [0.05, 0.1) is 21.4 Å². The van der Waals surface area contributed by atoms with Crippen LogP contribution in [0, 0.1) is 11.2 Å². The molecule has 1 aromatic heterocycles. The lowest BCUT2D eigenvalue weighted by Gasteiger charge is -2.37. The van der Waals surface area contributed by atoms with Gasteiger partial charge in [-0.2, -0.15) is 0 Å². The summed E-state index contributed by atoms with van der Waals surface area (Å²) >= 11 is 6.03. The number of phenolic OH excluding ortho intramolecular Hbond substituents is 1. The number of carbonyl (C=O) groups excluding carboxylic acids is 1. The number of halogens is 2. The van der Waals surface area contributed by atoms with Gasteiger partial charge in [-0.3, -0.25) is 9.69 Å². The first-order valence-electron chi connectivity index (χ1n) is 13.9. The summed E-state index contributed by atoms with van der Waals surface area (Å²) in [6.07, 6.45) is 1.57. The molecular formula is C33H29ClFN3O5S. The van der Waals surface area contributed by atoms with Crippen molar-refractivity contribution >= 4 is 38.7 Å². The molecule has 1 unspecified atom stereocenters. The molecule has 0 saturated carbocycles. The number of aromatic hydroxyl groups is 1. The Morgan fingerprint density at radius 1 is 1.11 bits per heavy atom. The second kappa shape index (κ2) is 11.3. The van der Waals surface area contributed by atoms with Crippen LogP contribution in [0.2, 0.25) is 5.02 Å². The molecule has 1 atom stereocenters. The summed E-state index contributed by atoms with van der Waals surface area (Å²) < 4.78 is 50.3. The summed E-state index contributed by atoms with van der Waals surface area (Å²) in [6, 6.07) is 19.5. The van der Waals surface area contributed by atoms with Gasteiger partial charge in [-0.25, -0.2) is 17.8 Å². The fourth-order valence-electron chi connectivity index (χ4n) is 5.79. The van der Waals surface area contributed by atoms with Crippen LogP contribution in [0.4, 0.5) is 15.8 Å². The Bertz CT molecular complexity index is 1900. The minimum absolute atomic E-state index is 0.0468. The van der Waals surface area contributed by atoms with E-state index in [1.807, 2.05) is 44.2 Å². The van der Waals surface area contributed by atoms with Crippen molar-refractivity contribution in [2.24, 2.45) is 5.41 Å². The van der Waals surface area contributed by atoms with Gasteiger partial charge in [0.25, 0.3) is 5.91 Å². The van der Waals surface area contributed by atoms with Crippen LogP contribution >= 0.6 is 11.6 Å². The van der Waals surface area contributed by atoms with Crippen molar-refractivity contribution in [3.63, 3.8) is 0 Å². The third-order valence-electron chi connectivity index (χ3n) is 7.61. The van der Waals surface area contributed by atoms with Crippen LogP contribution in [-0.2, 0) is 16.4 Å². The number of hydrogen-bond acceptors (Lipinski definition) is 7. The number of carbonyl (C=O) groups is 1. The van der Waals surface area contributed by atoms with E-state index < -0.39 is 33.0 Å². The molecule has 2 aliphatic rings. The maximum absolute atomic E-state index is 16.3. The van der Waals surface area contributed by atoms with Crippen LogP contribution in [-0.4, -0.2) is 30.2 Å². The number of nitrogens with zero attached hydrogens (tertiary/aromatic N) is 2. The Hall–Kier alpha value is -4.41. The van der Waals surface area contributed by atoms with Crippen molar-refractivity contribution in [2.45, 2.75) is 32.9 Å². The van der Waals surface area contributed by atoms with E-state index in [4.69, 9.17) is 16.3 Å². The smallest absolute Gasteiger partial charge is 0.277 e. The summed E-state index contributed by atoms with van der Waals surface area (Å²) in [6.45, 7) is 3.84. The first-order chi connectivity index (χ1) is 20.9. The maximum atomic E-state index is 16.3. The predicted octanol–water partition coefficient (Wildman–Crippen LogP) is 7.03. The molecule has 1 amide bonds. The molecule has 4 aromatic rings. The lowest BCUT2D eigenvalue weighted by molar-refractivity contribution is 0.0975. The first-order valence-corrected chi connectivity index (χ1v) is 15.9. The van der Waals surface area contributed by atoms with Crippen LogP contribution in [0.3, 0.4) is 0 Å². The third kappa shape index (κ3) is 5.62. The molecule has 226 valence electrons. The Balaban J connectivity index is 1.56. The molecule has 11 heteroatoms. The van der Waals surface area contributed by atoms with Crippen molar-refractivity contribution in [3.8, 4) is 11.5 Å². The van der Waals surface area contributed by atoms with E-state index in [1.54, 1.807) is 12.1 Å². The number of anilines is 2. The van der Waals surface area contributed by atoms with Crippen molar-refractivity contribution in [3.05, 3.63) is 123 Å². The second-order valence-electron chi connectivity index (χ2n) is 11.6. The van der Waals surface area contributed by atoms with Gasteiger partial charge in [0.1, 0.15) is 41.3 Å². The number of benzene rings is 3. The molecule has 0 aliphatic carbocycles. The highest BCUT2D eigenvalue weighted by molar-refractivity contribution is 7.95. The molecule has 0 bridgehead atoms. The van der Waals surface area contributed by atoms with Crippen molar-refractivity contribution in [1.29, 1.82) is 0 Å². The third-order valence-corrected chi connectivity index (χ3v) is 10.1. The van der Waals surface area contributed by atoms with Gasteiger partial charge in [0, 0.05) is 23.5 Å². The molecule has 0 spiro atoms. The molecule has 2 aliphatic heterocycles. The number of para-hydroxylation sites is 1. The highest BCUT2D eigenvalue weighted by atomic mass is 35.5. The largest absolute Gasteiger partial charge is 0.506 e. The fraction of sp³-hybridized carbons (Fsp3) is 0.212. The summed E-state index contributed by atoms with van der Waals surface area (Å²) in [5, 5.41) is 14.4. The molecular weight excluding hydrogens is 605 g/mol. The van der Waals surface area contributed by atoms with Crippen LogP contribution in [0.5, 0.6) is 11.5 Å². The number of hydrogen-bond donors (Lipinski definition) is 2. The molecule has 0 saturated heterocycles. The molecule has 3 heterocycles. The van der Waals surface area contributed by atoms with Crippen LogP contribution in [0.1, 0.15) is 47.9 Å². The average Bonchev–Trinajstić information content (AvgIpc) is 3.11. The summed E-state index contributed by atoms with van der Waals surface area (Å²) in [5.74, 6) is -1.67. The molecule has 8 nitrogen and oxygen atoms in total. The van der Waals surface area contributed by atoms with Crippen molar-refractivity contribution < 1.29 is 27.4 Å². The van der Waals surface area contributed by atoms with Gasteiger partial charge in [0.2, 0.25) is 0 Å². The number of aromatic nitrogens is 1. The number of sulfone groups is 1. The number of rotatable bonds is 5. The second-order valence-corrected chi connectivity index (χ2v) is 14.0. The average molecular weight is 634 g/mol. The number of fused-ring (bicyclic) bond motifs is 1. The highest BCUT2D eigenvalue weighted by Crippen LogP contribution is 2.52. The Labute approximate surface area is 259 Å². The van der Waals surface area contributed by atoms with E-state index in [9.17, 15) is 18.3 Å². The monoisotopic (exact) mass is 633 g/mol. The Morgan fingerprint density at radius 2 is 1.89 bits per heavy atom. The zero-order valence-electron chi connectivity index (χ0n) is 23.9. The first kappa shape index (κ1) is 29.7. The topological polar surface area (TPSA) is 109 Å². The normalized spacial score (nSPS) is 18.5. The van der Waals surface area contributed by atoms with Gasteiger partial charge >= 0.3 is 0 Å². The highest BCUT2D eigenvalue weighted by Gasteiger charge is 2.48. The lowest BCUT2D eigenvalue weighted by Crippen LogP contribution is -2.41. The summed E-state index contributed by atoms with van der Waals surface area (Å²) in [5.41, 5.74) is 0.662. The van der Waals surface area contributed by atoms with E-state index in [2.05, 4.69) is 10.3 Å². The molecule has 0 radical (unpaired) electrons. The number of allylic oxidation sites excluding steroid dienone is 1. The van der Waals surface area contributed by atoms with Gasteiger partial charge < -0.3 is 15.2 Å². The van der Waals surface area contributed by atoms with E-state index in [1.165, 1.54) is 47.5 Å². The molecule has 0 fully saturated rings. The maximum Gasteiger partial charge on any atom is 0.277 e. The number of pyridine rings is 1. The lowest BCUT2D eigenvalue weighted by atomic mass is 9.88. The van der Waals surface area contributed by atoms with Crippen LogP contribution in [0.25, 0.3) is 0 Å². The zero-order chi connectivity index (χ0) is 31.2. The van der Waals surface area contributed by atoms with E-state index in [-0.39, 0.29) is 63.5 Å². The van der Waals surface area contributed by atoms with E-state index in [0.29, 0.717) is 5.02 Å². The molecule has 2 N–H and O–H groups in total.